The summed E-state index contributed by atoms with van der Waals surface area (Å²) in [7, 11) is 4.13. The summed E-state index contributed by atoms with van der Waals surface area (Å²) in [5.74, 6) is -0.00242. The maximum Gasteiger partial charge on any atom is 0.274 e. The normalized spacial score (nSPS) is 16.6. The van der Waals surface area contributed by atoms with E-state index in [1.54, 1.807) is 0 Å². The van der Waals surface area contributed by atoms with E-state index in [9.17, 15) is 4.79 Å². The third-order valence-electron chi connectivity index (χ3n) is 5.04. The molecule has 1 aliphatic heterocycles. The first kappa shape index (κ1) is 22.4. The van der Waals surface area contributed by atoms with Crippen LogP contribution in [0.15, 0.2) is 36.5 Å². The van der Waals surface area contributed by atoms with Gasteiger partial charge >= 0.3 is 0 Å². The number of piperidine rings is 1. The van der Waals surface area contributed by atoms with Crippen molar-refractivity contribution in [2.24, 2.45) is 0 Å². The summed E-state index contributed by atoms with van der Waals surface area (Å²) in [6, 6.07) is 10.7. The van der Waals surface area contributed by atoms with Crippen LogP contribution in [0.25, 0.3) is 0 Å². The Balaban J connectivity index is 0.00000280. The van der Waals surface area contributed by atoms with Crippen molar-refractivity contribution >= 4 is 18.3 Å². The standard InChI is InChI=1S/C21H31N5O.ClH/c1-4-25(16-18-9-7-17(8-10-18)15-24(2)3)21(27)20-11-13-26(23-20)19-6-5-12-22-14-19;/h7-11,13,19,22H,4-6,12,14-16H2,1-3H3;1H. The second-order valence-electron chi connectivity index (χ2n) is 7.55. The minimum atomic E-state index is -0.00242. The van der Waals surface area contributed by atoms with Gasteiger partial charge in [-0.1, -0.05) is 24.3 Å². The lowest BCUT2D eigenvalue weighted by Gasteiger charge is -2.23. The first-order chi connectivity index (χ1) is 13.1. The Morgan fingerprint density at radius 1 is 1.18 bits per heavy atom. The lowest BCUT2D eigenvalue weighted by molar-refractivity contribution is 0.0745. The van der Waals surface area contributed by atoms with E-state index in [0.717, 1.165) is 38.0 Å². The molecule has 28 heavy (non-hydrogen) atoms. The number of rotatable bonds is 7. The summed E-state index contributed by atoms with van der Waals surface area (Å²) in [4.78, 5) is 16.9. The zero-order valence-electron chi connectivity index (χ0n) is 17.1. The Kier molecular flexibility index (Phi) is 8.48. The Labute approximate surface area is 174 Å². The van der Waals surface area contributed by atoms with E-state index in [4.69, 9.17) is 0 Å². The number of hydrogen-bond donors (Lipinski definition) is 1. The van der Waals surface area contributed by atoms with Gasteiger partial charge in [0, 0.05) is 32.4 Å². The fourth-order valence-electron chi connectivity index (χ4n) is 3.54. The molecule has 1 amide bonds. The third-order valence-corrected chi connectivity index (χ3v) is 5.04. The van der Waals surface area contributed by atoms with Crippen LogP contribution < -0.4 is 5.32 Å². The highest BCUT2D eigenvalue weighted by Crippen LogP contribution is 2.17. The largest absolute Gasteiger partial charge is 0.333 e. The monoisotopic (exact) mass is 405 g/mol. The third kappa shape index (κ3) is 5.80. The van der Waals surface area contributed by atoms with Crippen molar-refractivity contribution in [2.75, 3.05) is 33.7 Å². The number of carbonyl (C=O) groups is 1. The summed E-state index contributed by atoms with van der Waals surface area (Å²) in [6.45, 7) is 6.20. The minimum absolute atomic E-state index is 0. The molecular formula is C21H32ClN5O. The van der Waals surface area contributed by atoms with Crippen molar-refractivity contribution in [2.45, 2.75) is 38.9 Å². The SMILES string of the molecule is CCN(Cc1ccc(CN(C)C)cc1)C(=O)c1ccn(C2CCCNC2)n1.Cl. The van der Waals surface area contributed by atoms with E-state index in [2.05, 4.69) is 53.7 Å². The zero-order valence-corrected chi connectivity index (χ0v) is 17.9. The van der Waals surface area contributed by atoms with Crippen LogP contribution >= 0.6 is 12.4 Å². The van der Waals surface area contributed by atoms with Crippen molar-refractivity contribution in [3.63, 3.8) is 0 Å². The Hall–Kier alpha value is -1.89. The predicted molar refractivity (Wildman–Crippen MR) is 115 cm³/mol. The number of nitrogens with one attached hydrogen (secondary N) is 1. The van der Waals surface area contributed by atoms with Gasteiger partial charge in [0.05, 0.1) is 6.04 Å². The van der Waals surface area contributed by atoms with Crippen LogP contribution in [-0.4, -0.2) is 59.2 Å². The summed E-state index contributed by atoms with van der Waals surface area (Å²) < 4.78 is 1.95. The van der Waals surface area contributed by atoms with Gasteiger partial charge in [0.25, 0.3) is 5.91 Å². The van der Waals surface area contributed by atoms with Crippen molar-refractivity contribution < 1.29 is 4.79 Å². The van der Waals surface area contributed by atoms with Crippen LogP contribution in [0.2, 0.25) is 0 Å². The van der Waals surface area contributed by atoms with Crippen LogP contribution in [-0.2, 0) is 13.1 Å². The molecule has 3 rings (SSSR count). The molecular weight excluding hydrogens is 374 g/mol. The fourth-order valence-corrected chi connectivity index (χ4v) is 3.54. The van der Waals surface area contributed by atoms with Gasteiger partial charge in [-0.3, -0.25) is 9.48 Å². The van der Waals surface area contributed by atoms with E-state index < -0.39 is 0 Å². The van der Waals surface area contributed by atoms with Crippen molar-refractivity contribution in [1.82, 2.24) is 24.9 Å². The van der Waals surface area contributed by atoms with Crippen LogP contribution in [0, 0.1) is 0 Å². The van der Waals surface area contributed by atoms with Gasteiger partial charge in [0.1, 0.15) is 5.69 Å². The maximum absolute atomic E-state index is 12.9. The van der Waals surface area contributed by atoms with E-state index in [-0.39, 0.29) is 18.3 Å². The smallest absolute Gasteiger partial charge is 0.274 e. The van der Waals surface area contributed by atoms with E-state index in [1.807, 2.05) is 28.8 Å². The molecule has 2 aromatic rings. The summed E-state index contributed by atoms with van der Waals surface area (Å²) in [5.41, 5.74) is 2.95. The molecule has 1 atom stereocenters. The molecule has 1 saturated heterocycles. The minimum Gasteiger partial charge on any atom is -0.333 e. The number of nitrogens with zero attached hydrogens (tertiary/aromatic N) is 4. The number of aromatic nitrogens is 2. The van der Waals surface area contributed by atoms with Gasteiger partial charge in [0.15, 0.2) is 0 Å². The molecule has 0 bridgehead atoms. The predicted octanol–water partition coefficient (Wildman–Crippen LogP) is 2.95. The highest BCUT2D eigenvalue weighted by atomic mass is 35.5. The van der Waals surface area contributed by atoms with Crippen LogP contribution in [0.5, 0.6) is 0 Å². The van der Waals surface area contributed by atoms with E-state index in [1.165, 1.54) is 5.56 Å². The van der Waals surface area contributed by atoms with Gasteiger partial charge < -0.3 is 15.1 Å². The molecule has 1 aromatic carbocycles. The molecule has 0 radical (unpaired) electrons. The average molecular weight is 406 g/mol. The topological polar surface area (TPSA) is 53.4 Å². The lowest BCUT2D eigenvalue weighted by Crippen LogP contribution is -2.33. The first-order valence-electron chi connectivity index (χ1n) is 9.84. The van der Waals surface area contributed by atoms with Crippen molar-refractivity contribution in [3.05, 3.63) is 53.3 Å². The quantitative estimate of drug-likeness (QED) is 0.769. The molecule has 1 aromatic heterocycles. The van der Waals surface area contributed by atoms with Gasteiger partial charge in [-0.15, -0.1) is 12.4 Å². The van der Waals surface area contributed by atoms with E-state index >= 15 is 0 Å². The summed E-state index contributed by atoms with van der Waals surface area (Å²) >= 11 is 0. The van der Waals surface area contributed by atoms with Crippen molar-refractivity contribution in [3.8, 4) is 0 Å². The zero-order chi connectivity index (χ0) is 19.2. The molecule has 1 aliphatic rings. The van der Waals surface area contributed by atoms with Crippen LogP contribution in [0.3, 0.4) is 0 Å². The van der Waals surface area contributed by atoms with Crippen LogP contribution in [0.1, 0.15) is 47.4 Å². The number of benzene rings is 1. The number of carbonyl (C=O) groups excluding carboxylic acids is 1. The first-order valence-corrected chi connectivity index (χ1v) is 9.84. The lowest BCUT2D eigenvalue weighted by atomic mass is 10.1. The van der Waals surface area contributed by atoms with Gasteiger partial charge in [-0.2, -0.15) is 5.10 Å². The molecule has 0 aliphatic carbocycles. The highest BCUT2D eigenvalue weighted by molar-refractivity contribution is 5.92. The molecule has 6 nitrogen and oxygen atoms in total. The molecule has 2 heterocycles. The number of amides is 1. The molecule has 1 unspecified atom stereocenters. The molecule has 1 fully saturated rings. The van der Waals surface area contributed by atoms with Crippen molar-refractivity contribution in [1.29, 1.82) is 0 Å². The van der Waals surface area contributed by atoms with Gasteiger partial charge in [-0.05, 0) is 57.6 Å². The maximum atomic E-state index is 12.9. The fraction of sp³-hybridized carbons (Fsp3) is 0.524. The molecule has 154 valence electrons. The average Bonchev–Trinajstić information content (AvgIpc) is 3.17. The molecule has 7 heteroatoms. The molecule has 0 spiro atoms. The summed E-state index contributed by atoms with van der Waals surface area (Å²) in [6.07, 6.45) is 4.20. The Bertz CT molecular complexity index is 738. The Morgan fingerprint density at radius 2 is 1.86 bits per heavy atom. The number of hydrogen-bond acceptors (Lipinski definition) is 4. The second-order valence-corrected chi connectivity index (χ2v) is 7.55. The summed E-state index contributed by atoms with van der Waals surface area (Å²) in [5, 5.41) is 7.97. The Morgan fingerprint density at radius 3 is 2.43 bits per heavy atom. The molecule has 0 saturated carbocycles. The molecule has 1 N–H and O–H groups in total. The van der Waals surface area contributed by atoms with Gasteiger partial charge in [-0.25, -0.2) is 0 Å². The second kappa shape index (κ2) is 10.6. The number of halogens is 1. The highest BCUT2D eigenvalue weighted by Gasteiger charge is 2.20. The van der Waals surface area contributed by atoms with Crippen LogP contribution in [0.4, 0.5) is 0 Å². The van der Waals surface area contributed by atoms with E-state index in [0.29, 0.717) is 24.8 Å². The van der Waals surface area contributed by atoms with Gasteiger partial charge in [0.2, 0.25) is 0 Å².